The van der Waals surface area contributed by atoms with Gasteiger partial charge in [-0.1, -0.05) is 58.9 Å². The number of nitrogens with zero attached hydrogens (tertiary/aromatic N) is 2. The molecule has 1 saturated carbocycles. The van der Waals surface area contributed by atoms with Crippen molar-refractivity contribution in [3.63, 3.8) is 0 Å². The van der Waals surface area contributed by atoms with Crippen molar-refractivity contribution in [2.75, 3.05) is 20.3 Å². The van der Waals surface area contributed by atoms with Crippen LogP contribution in [0.5, 0.6) is 5.88 Å². The Balaban J connectivity index is 1.65. The number of hydrogen-bond donors (Lipinski definition) is 1. The third kappa shape index (κ3) is 6.66. The molecule has 0 unspecified atom stereocenters. The Morgan fingerprint density at radius 2 is 1.89 bits per heavy atom. The number of carbonyl (C=O) groups excluding carboxylic acids is 2. The molecular formula is C36H51N3O5. The summed E-state index contributed by atoms with van der Waals surface area (Å²) in [5.74, 6) is 0.650. The molecule has 1 aliphatic carbocycles. The summed E-state index contributed by atoms with van der Waals surface area (Å²) in [7, 11) is 1.65. The van der Waals surface area contributed by atoms with E-state index in [4.69, 9.17) is 14.2 Å². The highest BCUT2D eigenvalue weighted by atomic mass is 16.5. The maximum atomic E-state index is 14.6. The fraction of sp³-hybridized carbons (Fsp3) is 0.639. The molecule has 1 amide bonds. The van der Waals surface area contributed by atoms with E-state index in [0.29, 0.717) is 31.4 Å². The fourth-order valence-electron chi connectivity index (χ4n) is 7.37. The van der Waals surface area contributed by atoms with Gasteiger partial charge in [0.05, 0.1) is 19.8 Å². The summed E-state index contributed by atoms with van der Waals surface area (Å²) in [6.45, 7) is 13.9. The van der Waals surface area contributed by atoms with Crippen LogP contribution in [0.25, 0.3) is 0 Å². The van der Waals surface area contributed by atoms with Crippen molar-refractivity contribution in [1.29, 1.82) is 0 Å². The monoisotopic (exact) mass is 605 g/mol. The number of benzene rings is 1. The normalized spacial score (nSPS) is 25.7. The zero-order valence-corrected chi connectivity index (χ0v) is 27.6. The Kier molecular flexibility index (Phi) is 10.0. The van der Waals surface area contributed by atoms with Crippen LogP contribution in [0.3, 0.4) is 0 Å². The Hall–Kier alpha value is -2.97. The van der Waals surface area contributed by atoms with E-state index < -0.39 is 18.2 Å². The van der Waals surface area contributed by atoms with E-state index in [-0.39, 0.29) is 41.8 Å². The molecule has 1 N–H and O–H groups in total. The number of ether oxygens (including phenoxy) is 3. The van der Waals surface area contributed by atoms with Crippen LogP contribution in [0.15, 0.2) is 36.5 Å². The van der Waals surface area contributed by atoms with Crippen molar-refractivity contribution in [2.45, 2.75) is 116 Å². The van der Waals surface area contributed by atoms with Gasteiger partial charge in [-0.3, -0.25) is 4.79 Å². The molecule has 2 aromatic rings. The number of likely N-dealkylation sites (tertiary alicyclic amines) is 1. The largest absolute Gasteiger partial charge is 0.481 e. The van der Waals surface area contributed by atoms with E-state index in [1.54, 1.807) is 7.11 Å². The summed E-state index contributed by atoms with van der Waals surface area (Å²) < 4.78 is 17.5. The zero-order chi connectivity index (χ0) is 31.6. The van der Waals surface area contributed by atoms with Gasteiger partial charge in [0.2, 0.25) is 5.88 Å². The molecule has 2 saturated heterocycles. The minimum absolute atomic E-state index is 0.125. The summed E-state index contributed by atoms with van der Waals surface area (Å²) >= 11 is 0. The fourth-order valence-corrected chi connectivity index (χ4v) is 7.37. The number of pyridine rings is 1. The lowest BCUT2D eigenvalue weighted by atomic mass is 9.72. The lowest BCUT2D eigenvalue weighted by Gasteiger charge is -2.36. The molecule has 5 atom stereocenters. The first-order chi connectivity index (χ1) is 21.1. The number of methoxy groups -OCH3 is 1. The molecule has 8 nitrogen and oxygen atoms in total. The van der Waals surface area contributed by atoms with Crippen LogP contribution >= 0.6 is 0 Å². The lowest BCUT2D eigenvalue weighted by Crippen LogP contribution is -2.51. The average molecular weight is 606 g/mol. The van der Waals surface area contributed by atoms with Crippen LogP contribution < -0.4 is 10.1 Å². The number of amides is 1. The zero-order valence-electron chi connectivity index (χ0n) is 27.6. The van der Waals surface area contributed by atoms with E-state index >= 15 is 0 Å². The van der Waals surface area contributed by atoms with E-state index in [0.717, 1.165) is 24.0 Å². The molecule has 3 heterocycles. The van der Waals surface area contributed by atoms with Gasteiger partial charge in [-0.2, -0.15) is 0 Å². The van der Waals surface area contributed by atoms with Gasteiger partial charge in [0, 0.05) is 36.9 Å². The molecule has 1 aromatic heterocycles. The van der Waals surface area contributed by atoms with Crippen LogP contribution in [0, 0.1) is 11.3 Å². The number of nitrogens with one attached hydrogen (secondary N) is 1. The Labute approximate surface area is 263 Å². The second-order valence-electron chi connectivity index (χ2n) is 14.0. The number of hydrogen-bond acceptors (Lipinski definition) is 7. The number of carbonyl (C=O) groups is 2. The summed E-state index contributed by atoms with van der Waals surface area (Å²) in [6.07, 6.45) is 6.24. The topological polar surface area (TPSA) is 90.0 Å². The highest BCUT2D eigenvalue weighted by Gasteiger charge is 2.59. The van der Waals surface area contributed by atoms with Crippen molar-refractivity contribution in [1.82, 2.24) is 15.2 Å². The van der Waals surface area contributed by atoms with Crippen molar-refractivity contribution in [3.8, 4) is 5.88 Å². The van der Waals surface area contributed by atoms with Gasteiger partial charge >= 0.3 is 5.97 Å². The molecule has 3 fully saturated rings. The third-order valence-electron chi connectivity index (χ3n) is 9.56. The minimum Gasteiger partial charge on any atom is -0.481 e. The average Bonchev–Trinajstić information content (AvgIpc) is 3.80. The molecule has 8 heteroatoms. The van der Waals surface area contributed by atoms with Crippen molar-refractivity contribution in [3.05, 3.63) is 58.8 Å². The van der Waals surface area contributed by atoms with Crippen LogP contribution in [0.1, 0.15) is 114 Å². The third-order valence-corrected chi connectivity index (χ3v) is 9.56. The van der Waals surface area contributed by atoms with Crippen LogP contribution in [-0.2, 0) is 25.6 Å². The van der Waals surface area contributed by atoms with Crippen molar-refractivity contribution in [2.24, 2.45) is 11.3 Å². The van der Waals surface area contributed by atoms with Gasteiger partial charge in [0.1, 0.15) is 12.1 Å². The number of aromatic nitrogens is 1. The van der Waals surface area contributed by atoms with E-state index in [9.17, 15) is 9.59 Å². The first-order valence-corrected chi connectivity index (χ1v) is 16.5. The van der Waals surface area contributed by atoms with Gasteiger partial charge in [-0.25, -0.2) is 9.78 Å². The molecule has 44 heavy (non-hydrogen) atoms. The van der Waals surface area contributed by atoms with Gasteiger partial charge in [0.25, 0.3) is 5.91 Å². The Morgan fingerprint density at radius 1 is 1.14 bits per heavy atom. The Morgan fingerprint density at radius 3 is 2.50 bits per heavy atom. The quantitative estimate of drug-likeness (QED) is 0.318. The van der Waals surface area contributed by atoms with E-state index in [2.05, 4.69) is 69.2 Å². The summed E-state index contributed by atoms with van der Waals surface area (Å²) in [5.41, 5.74) is 4.09. The predicted molar refractivity (Wildman–Crippen MR) is 170 cm³/mol. The molecule has 1 aromatic carbocycles. The maximum Gasteiger partial charge on any atom is 0.329 e. The summed E-state index contributed by atoms with van der Waals surface area (Å²) in [4.78, 5) is 35.2. The van der Waals surface area contributed by atoms with Crippen LogP contribution in [0.2, 0.25) is 0 Å². The van der Waals surface area contributed by atoms with Crippen LogP contribution in [0.4, 0.5) is 0 Å². The van der Waals surface area contributed by atoms with Gasteiger partial charge in [-0.05, 0) is 79.0 Å². The first kappa shape index (κ1) is 32.4. The molecule has 5 rings (SSSR count). The summed E-state index contributed by atoms with van der Waals surface area (Å²) in [6, 6.07) is 9.13. The predicted octanol–water partition coefficient (Wildman–Crippen LogP) is 6.30. The number of esters is 1. The highest BCUT2D eigenvalue weighted by molar-refractivity contribution is 5.89. The second kappa shape index (κ2) is 13.6. The van der Waals surface area contributed by atoms with E-state index in [1.165, 1.54) is 24.0 Å². The highest BCUT2D eigenvalue weighted by Crippen LogP contribution is 2.50. The maximum absolute atomic E-state index is 14.6. The molecule has 0 radical (unpaired) electrons. The minimum atomic E-state index is -0.770. The summed E-state index contributed by atoms with van der Waals surface area (Å²) in [5, 5.41) is 3.88. The molecule has 2 aliphatic heterocycles. The van der Waals surface area contributed by atoms with E-state index in [1.807, 2.05) is 24.1 Å². The molecule has 0 spiro atoms. The molecule has 3 aliphatic rings. The molecule has 240 valence electrons. The number of rotatable bonds is 10. The van der Waals surface area contributed by atoms with Gasteiger partial charge in [-0.15, -0.1) is 0 Å². The van der Waals surface area contributed by atoms with Gasteiger partial charge < -0.3 is 24.4 Å². The SMILES string of the molecule is CCOC(=O)[C@@H]1[C@@H](C(C)(C)C)[C@H](NCc2cc(C3CC3)cnc2OC)[C@H](c2ccccc2C(C)C)N1C(=O)[C@@H]1CCCCO1. The molecular weight excluding hydrogens is 554 g/mol. The first-order valence-electron chi connectivity index (χ1n) is 16.5. The lowest BCUT2D eigenvalue weighted by molar-refractivity contribution is -0.162. The van der Waals surface area contributed by atoms with Gasteiger partial charge in [0.15, 0.2) is 0 Å². The smallest absolute Gasteiger partial charge is 0.329 e. The standard InChI is InChI=1S/C36H51N3O5/c1-8-43-35(41)32-29(36(4,5)6)30(37-21-25-19-24(23-16-17-23)20-38-33(25)42-7)31(27-14-10-9-13-26(27)22(2)3)39(32)34(40)28-15-11-12-18-44-28/h9-10,13-14,19-20,22-23,28-32,37H,8,11-12,15-18,21H2,1-7H3/t28-,29-,30-,31-,32-/m0/s1. The van der Waals surface area contributed by atoms with Crippen LogP contribution in [-0.4, -0.2) is 60.3 Å². The van der Waals surface area contributed by atoms with Crippen molar-refractivity contribution >= 4 is 11.9 Å². The second-order valence-corrected chi connectivity index (χ2v) is 14.0. The Bertz CT molecular complexity index is 1310. The van der Waals surface area contributed by atoms with Crippen molar-refractivity contribution < 1.29 is 23.8 Å². The molecule has 0 bridgehead atoms.